The maximum absolute atomic E-state index is 13.7. The minimum Gasteiger partial charge on any atom is -0.277 e. The Morgan fingerprint density at radius 1 is 1.16 bits per heavy atom. The van der Waals surface area contributed by atoms with Gasteiger partial charge in [-0.3, -0.25) is 24.8 Å². The van der Waals surface area contributed by atoms with Crippen LogP contribution in [-0.2, 0) is 9.59 Å². The molecule has 7 heteroatoms. The second kappa shape index (κ2) is 6.06. The lowest BCUT2D eigenvalue weighted by molar-refractivity contribution is -0.141. The monoisotopic (exact) mass is 343 g/mol. The van der Waals surface area contributed by atoms with E-state index in [1.165, 1.54) is 23.1 Å². The van der Waals surface area contributed by atoms with Crippen molar-refractivity contribution in [3.05, 3.63) is 30.1 Å². The molecular formula is C18H18FN3O3. The summed E-state index contributed by atoms with van der Waals surface area (Å²) in [5.41, 5.74) is 0.0477. The number of aliphatic imine (C=N–C) groups is 1. The van der Waals surface area contributed by atoms with Crippen LogP contribution in [0.25, 0.3) is 0 Å². The number of rotatable bonds is 3. The standard InChI is InChI=1S/C18H18FN3O3/c19-13-3-1-2-4-14(13)20-9-12-16(23)21-18(25)22(17(12)24)15-8-10-5-6-11(15)7-10/h1-4,9-12,15H,5-8H2,(H,21,23,25)/t10-,11-,12+,15+/m0/s1. The van der Waals surface area contributed by atoms with Gasteiger partial charge in [0.2, 0.25) is 11.8 Å². The van der Waals surface area contributed by atoms with Gasteiger partial charge in [0.15, 0.2) is 5.92 Å². The molecule has 1 aliphatic heterocycles. The molecule has 0 radical (unpaired) electrons. The molecule has 2 bridgehead atoms. The molecule has 0 spiro atoms. The zero-order valence-corrected chi connectivity index (χ0v) is 13.5. The lowest BCUT2D eigenvalue weighted by Gasteiger charge is -2.36. The first kappa shape index (κ1) is 15.9. The van der Waals surface area contributed by atoms with Crippen molar-refractivity contribution in [2.24, 2.45) is 22.7 Å². The minimum atomic E-state index is -1.21. The number of fused-ring (bicyclic) bond motifs is 2. The van der Waals surface area contributed by atoms with Crippen LogP contribution in [0.2, 0.25) is 0 Å². The van der Waals surface area contributed by atoms with Crippen LogP contribution in [0, 0.1) is 23.6 Å². The van der Waals surface area contributed by atoms with E-state index in [4.69, 9.17) is 0 Å². The van der Waals surface area contributed by atoms with E-state index in [1.54, 1.807) is 6.07 Å². The van der Waals surface area contributed by atoms with E-state index < -0.39 is 29.6 Å². The van der Waals surface area contributed by atoms with Gasteiger partial charge in [-0.2, -0.15) is 0 Å². The number of carbonyl (C=O) groups is 3. The number of benzene rings is 1. The Labute approximate surface area is 144 Å². The van der Waals surface area contributed by atoms with E-state index in [0.717, 1.165) is 31.9 Å². The zero-order valence-electron chi connectivity index (χ0n) is 13.5. The molecule has 1 N–H and O–H groups in total. The smallest absolute Gasteiger partial charge is 0.277 e. The number of para-hydroxylation sites is 1. The summed E-state index contributed by atoms with van der Waals surface area (Å²) < 4.78 is 13.7. The van der Waals surface area contributed by atoms with E-state index in [-0.39, 0.29) is 11.7 Å². The maximum atomic E-state index is 13.7. The first-order valence-corrected chi connectivity index (χ1v) is 8.51. The number of amides is 4. The van der Waals surface area contributed by atoms with Crippen molar-refractivity contribution in [2.45, 2.75) is 31.7 Å². The molecule has 3 aliphatic rings. The molecule has 1 heterocycles. The molecule has 1 aromatic rings. The highest BCUT2D eigenvalue weighted by Crippen LogP contribution is 2.47. The zero-order chi connectivity index (χ0) is 17.6. The summed E-state index contributed by atoms with van der Waals surface area (Å²) in [6.07, 6.45) is 5.11. The van der Waals surface area contributed by atoms with Gasteiger partial charge >= 0.3 is 6.03 Å². The van der Waals surface area contributed by atoms with Gasteiger partial charge in [0.1, 0.15) is 5.82 Å². The first-order chi connectivity index (χ1) is 12.0. The summed E-state index contributed by atoms with van der Waals surface area (Å²) in [5, 5.41) is 2.24. The second-order valence-electron chi connectivity index (χ2n) is 6.95. The van der Waals surface area contributed by atoms with Crippen molar-refractivity contribution in [3.63, 3.8) is 0 Å². The third kappa shape index (κ3) is 2.73. The highest BCUT2D eigenvalue weighted by atomic mass is 19.1. The number of carbonyl (C=O) groups excluding carboxylic acids is 3. The van der Waals surface area contributed by atoms with Crippen LogP contribution in [0.1, 0.15) is 25.7 Å². The Hall–Kier alpha value is -2.57. The number of urea groups is 1. The van der Waals surface area contributed by atoms with Gasteiger partial charge < -0.3 is 0 Å². The fourth-order valence-corrected chi connectivity index (χ4v) is 4.29. The third-order valence-corrected chi connectivity index (χ3v) is 5.48. The van der Waals surface area contributed by atoms with Crippen molar-refractivity contribution in [2.75, 3.05) is 0 Å². The molecule has 4 amide bonds. The second-order valence-corrected chi connectivity index (χ2v) is 6.95. The summed E-state index contributed by atoms with van der Waals surface area (Å²) in [5.74, 6) is -2.16. The van der Waals surface area contributed by atoms with Crippen molar-refractivity contribution < 1.29 is 18.8 Å². The minimum absolute atomic E-state index is 0.0477. The average Bonchev–Trinajstić information content (AvgIpc) is 3.19. The molecule has 1 saturated heterocycles. The van der Waals surface area contributed by atoms with Gasteiger partial charge in [-0.1, -0.05) is 18.6 Å². The van der Waals surface area contributed by atoms with Crippen LogP contribution in [-0.4, -0.2) is 35.0 Å². The SMILES string of the molecule is O=C1NC(=O)N([C@@H]2C[C@H]3CC[C@H]2C3)C(=O)[C@@H]1C=Nc1ccccc1F. The van der Waals surface area contributed by atoms with Gasteiger partial charge in [-0.05, 0) is 43.2 Å². The van der Waals surface area contributed by atoms with E-state index in [0.29, 0.717) is 11.8 Å². The Kier molecular flexibility index (Phi) is 3.86. The molecule has 4 atom stereocenters. The van der Waals surface area contributed by atoms with Gasteiger partial charge in [0.05, 0.1) is 5.69 Å². The topological polar surface area (TPSA) is 78.8 Å². The molecule has 130 valence electrons. The lowest BCUT2D eigenvalue weighted by atomic mass is 9.92. The van der Waals surface area contributed by atoms with Gasteiger partial charge in [0.25, 0.3) is 0 Å². The predicted octanol–water partition coefficient (Wildman–Crippen LogP) is 2.41. The fourth-order valence-electron chi connectivity index (χ4n) is 4.29. The number of barbiturate groups is 1. The Morgan fingerprint density at radius 3 is 2.64 bits per heavy atom. The van der Waals surface area contributed by atoms with Crippen LogP contribution < -0.4 is 5.32 Å². The molecule has 6 nitrogen and oxygen atoms in total. The van der Waals surface area contributed by atoms with Crippen molar-refractivity contribution in [1.82, 2.24) is 10.2 Å². The number of nitrogens with zero attached hydrogens (tertiary/aromatic N) is 2. The van der Waals surface area contributed by atoms with E-state index in [1.807, 2.05) is 0 Å². The van der Waals surface area contributed by atoms with E-state index in [9.17, 15) is 18.8 Å². The molecule has 25 heavy (non-hydrogen) atoms. The van der Waals surface area contributed by atoms with Crippen LogP contribution >= 0.6 is 0 Å². The van der Waals surface area contributed by atoms with Crippen LogP contribution in [0.3, 0.4) is 0 Å². The average molecular weight is 343 g/mol. The summed E-state index contributed by atoms with van der Waals surface area (Å²) in [4.78, 5) is 42.2. The van der Waals surface area contributed by atoms with Gasteiger partial charge in [-0.25, -0.2) is 9.18 Å². The fraction of sp³-hybridized carbons (Fsp3) is 0.444. The molecule has 1 aromatic carbocycles. The molecule has 2 saturated carbocycles. The molecule has 0 aromatic heterocycles. The molecule has 2 aliphatic carbocycles. The number of halogens is 1. The van der Waals surface area contributed by atoms with Crippen molar-refractivity contribution >= 4 is 29.7 Å². The highest BCUT2D eigenvalue weighted by Gasteiger charge is 2.50. The Balaban J connectivity index is 1.57. The van der Waals surface area contributed by atoms with Gasteiger partial charge in [-0.15, -0.1) is 0 Å². The quantitative estimate of drug-likeness (QED) is 0.676. The van der Waals surface area contributed by atoms with Crippen LogP contribution in [0.4, 0.5) is 14.9 Å². The number of hydrogen-bond acceptors (Lipinski definition) is 4. The van der Waals surface area contributed by atoms with E-state index in [2.05, 4.69) is 10.3 Å². The number of hydrogen-bond donors (Lipinski definition) is 1. The largest absolute Gasteiger partial charge is 0.331 e. The first-order valence-electron chi connectivity index (χ1n) is 8.51. The van der Waals surface area contributed by atoms with Crippen LogP contribution in [0.5, 0.6) is 0 Å². The Morgan fingerprint density at radius 2 is 1.96 bits per heavy atom. The summed E-state index contributed by atoms with van der Waals surface area (Å²) in [6.45, 7) is 0. The highest BCUT2D eigenvalue weighted by molar-refractivity contribution is 6.23. The lowest BCUT2D eigenvalue weighted by Crippen LogP contribution is -2.62. The van der Waals surface area contributed by atoms with Crippen molar-refractivity contribution in [1.29, 1.82) is 0 Å². The summed E-state index contributed by atoms with van der Waals surface area (Å²) in [7, 11) is 0. The summed E-state index contributed by atoms with van der Waals surface area (Å²) in [6, 6.07) is 5.05. The normalized spacial score (nSPS) is 31.9. The van der Waals surface area contributed by atoms with Gasteiger partial charge in [0, 0.05) is 12.3 Å². The van der Waals surface area contributed by atoms with E-state index >= 15 is 0 Å². The number of nitrogens with one attached hydrogen (secondary N) is 1. The number of imide groups is 2. The predicted molar refractivity (Wildman–Crippen MR) is 87.7 cm³/mol. The summed E-state index contributed by atoms with van der Waals surface area (Å²) >= 11 is 0. The third-order valence-electron chi connectivity index (χ3n) is 5.48. The molecular weight excluding hydrogens is 325 g/mol. The van der Waals surface area contributed by atoms with Crippen molar-refractivity contribution in [3.8, 4) is 0 Å². The molecule has 3 fully saturated rings. The maximum Gasteiger partial charge on any atom is 0.331 e. The Bertz CT molecular complexity index is 779. The molecule has 0 unspecified atom stereocenters. The molecule has 4 rings (SSSR count). The van der Waals surface area contributed by atoms with Crippen LogP contribution in [0.15, 0.2) is 29.3 Å².